The van der Waals surface area contributed by atoms with Gasteiger partial charge in [0.2, 0.25) is 0 Å². The van der Waals surface area contributed by atoms with E-state index in [-0.39, 0.29) is 23.1 Å². The molecular formula is C43H39FeNP2-6. The van der Waals surface area contributed by atoms with Gasteiger partial charge in [-0.3, -0.25) is 0 Å². The van der Waals surface area contributed by atoms with Crippen molar-refractivity contribution in [2.24, 2.45) is 0 Å². The van der Waals surface area contributed by atoms with E-state index in [2.05, 4.69) is 183 Å². The molecule has 0 aromatic heterocycles. The third-order valence-electron chi connectivity index (χ3n) is 7.96. The van der Waals surface area contributed by atoms with E-state index in [9.17, 15) is 0 Å². The molecule has 7 aromatic carbocycles. The van der Waals surface area contributed by atoms with E-state index in [1.54, 1.807) is 0 Å². The quantitative estimate of drug-likeness (QED) is 0.0846. The van der Waals surface area contributed by atoms with E-state index in [0.29, 0.717) is 0 Å². The molecule has 0 saturated carbocycles. The first-order valence-electron chi connectivity index (χ1n) is 15.7. The molecule has 0 aliphatic rings. The van der Waals surface area contributed by atoms with Crippen LogP contribution < -0.4 is 31.8 Å². The fourth-order valence-electron chi connectivity index (χ4n) is 5.99. The van der Waals surface area contributed by atoms with Crippen LogP contribution in [0.1, 0.15) is 17.2 Å². The zero-order valence-electron chi connectivity index (χ0n) is 26.7. The second-order valence-corrected chi connectivity index (χ2v) is 15.6. The molecule has 4 heteroatoms. The summed E-state index contributed by atoms with van der Waals surface area (Å²) in [7, 11) is 3.00. The monoisotopic (exact) mass is 687 g/mol. The van der Waals surface area contributed by atoms with E-state index in [0.717, 1.165) is 0 Å². The molecule has 0 aliphatic heterocycles. The topological polar surface area (TPSA) is 3.24 Å². The van der Waals surface area contributed by atoms with Crippen LogP contribution in [0, 0.1) is 0 Å². The minimum absolute atomic E-state index is 0. The van der Waals surface area contributed by atoms with Crippen LogP contribution in [0.15, 0.2) is 194 Å². The molecule has 7 aromatic rings. The molecule has 0 unspecified atom stereocenters. The van der Waals surface area contributed by atoms with Gasteiger partial charge < -0.3 is 35.2 Å². The maximum atomic E-state index is 2.39. The molecule has 1 atom stereocenters. The van der Waals surface area contributed by atoms with Crippen molar-refractivity contribution in [1.82, 2.24) is 4.90 Å². The van der Waals surface area contributed by atoms with Crippen molar-refractivity contribution in [2.75, 3.05) is 14.1 Å². The maximum Gasteiger partial charge on any atom is 0.0157 e. The number of nitrogens with zero attached hydrogens (tertiary/aromatic N) is 1. The number of hydrogen-bond donors (Lipinski definition) is 0. The average Bonchev–Trinajstić information content (AvgIpc) is 3.85. The molecule has 0 N–H and O–H groups in total. The van der Waals surface area contributed by atoms with Gasteiger partial charge in [0.05, 0.1) is 0 Å². The van der Waals surface area contributed by atoms with Gasteiger partial charge in [-0.2, -0.15) is 6.07 Å². The van der Waals surface area contributed by atoms with Gasteiger partial charge in [0.25, 0.3) is 0 Å². The fraction of sp³-hybridized carbons (Fsp3) is 0.0698. The maximum absolute atomic E-state index is 2.39. The molecule has 0 spiro atoms. The van der Waals surface area contributed by atoms with E-state index in [4.69, 9.17) is 0 Å². The summed E-state index contributed by atoms with van der Waals surface area (Å²) >= 11 is 0. The first-order chi connectivity index (χ1) is 22.7. The standard InChI is InChI=1S/C38H34NP2.C5H5.Fe/c1-39(2)38(35-27-17-29-37(35)41(32-22-11-5-12-23-32)33-24-13-6-14-25-33)34-26-15-16-28-36(34)40(30-18-7-3-8-19-30)31-20-9-4-10-21-31;1-2-4-5-3-1;/h3-29,38H,1-2H3;1-5H;/q-1;-5;/t38-;;/m1../s1. The fourth-order valence-corrected chi connectivity index (χ4v) is 11.0. The number of benzene rings is 5. The van der Waals surface area contributed by atoms with Crippen molar-refractivity contribution in [3.63, 3.8) is 0 Å². The zero-order valence-corrected chi connectivity index (χ0v) is 29.6. The predicted octanol–water partition coefficient (Wildman–Crippen LogP) is 7.98. The second-order valence-electron chi connectivity index (χ2n) is 11.3. The molecule has 0 bridgehead atoms. The van der Waals surface area contributed by atoms with Gasteiger partial charge in [0.15, 0.2) is 0 Å². The Hall–Kier alpha value is -3.86. The Morgan fingerprint density at radius 3 is 1.28 bits per heavy atom. The van der Waals surface area contributed by atoms with Gasteiger partial charge in [-0.25, -0.2) is 12.1 Å². The van der Waals surface area contributed by atoms with Gasteiger partial charge in [-0.05, 0) is 62.0 Å². The molecular weight excluding hydrogens is 648 g/mol. The molecule has 1 nitrogen and oxygen atoms in total. The van der Waals surface area contributed by atoms with Crippen LogP contribution in [0.4, 0.5) is 0 Å². The van der Waals surface area contributed by atoms with Crippen molar-refractivity contribution in [3.05, 3.63) is 205 Å². The smallest absolute Gasteiger partial charge is 0.0157 e. The van der Waals surface area contributed by atoms with Gasteiger partial charge >= 0.3 is 0 Å². The molecule has 0 amide bonds. The first-order valence-corrected chi connectivity index (χ1v) is 18.4. The minimum Gasteiger partial charge on any atom is -0.748 e. The Morgan fingerprint density at radius 1 is 0.468 bits per heavy atom. The van der Waals surface area contributed by atoms with Crippen LogP contribution in [0.2, 0.25) is 0 Å². The van der Waals surface area contributed by atoms with Crippen molar-refractivity contribution in [1.29, 1.82) is 0 Å². The largest absolute Gasteiger partial charge is 0.748 e. The summed E-state index contributed by atoms with van der Waals surface area (Å²) in [5, 5.41) is 8.34. The van der Waals surface area contributed by atoms with Crippen LogP contribution in [0.5, 0.6) is 0 Å². The minimum atomic E-state index is -0.734. The zero-order chi connectivity index (χ0) is 31.6. The van der Waals surface area contributed by atoms with E-state index in [1.165, 1.54) is 43.0 Å². The molecule has 0 aliphatic carbocycles. The summed E-state index contributed by atoms with van der Waals surface area (Å²) in [6, 6.07) is 70.3. The van der Waals surface area contributed by atoms with E-state index < -0.39 is 15.8 Å². The summed E-state index contributed by atoms with van der Waals surface area (Å²) in [6.07, 6.45) is 0. The van der Waals surface area contributed by atoms with Crippen molar-refractivity contribution in [2.45, 2.75) is 6.04 Å². The van der Waals surface area contributed by atoms with Crippen molar-refractivity contribution < 1.29 is 17.1 Å². The Morgan fingerprint density at radius 2 is 0.851 bits per heavy atom. The van der Waals surface area contributed by atoms with Gasteiger partial charge in [-0.1, -0.05) is 146 Å². The van der Waals surface area contributed by atoms with Crippen LogP contribution >= 0.6 is 15.8 Å². The van der Waals surface area contributed by atoms with Gasteiger partial charge in [0.1, 0.15) is 0 Å². The Kier molecular flexibility index (Phi) is 12.7. The van der Waals surface area contributed by atoms with Crippen LogP contribution in [-0.2, 0) is 17.1 Å². The van der Waals surface area contributed by atoms with Gasteiger partial charge in [0, 0.05) is 23.1 Å². The van der Waals surface area contributed by atoms with Crippen molar-refractivity contribution in [3.8, 4) is 0 Å². The van der Waals surface area contributed by atoms with E-state index >= 15 is 0 Å². The SMILES string of the molecule is CN(C)[C@H](c1ccccc1P(c1ccccc1)c1ccccc1)[c-]1cccc1P(c1ccccc1)c1ccccc1.[Fe].[cH-]1[cH-][cH-][cH-][cH-]1. The Balaban J connectivity index is 0.000000662. The summed E-state index contributed by atoms with van der Waals surface area (Å²) in [4.78, 5) is 2.39. The average molecular weight is 688 g/mol. The molecule has 7 rings (SSSR count). The molecule has 0 heterocycles. The summed E-state index contributed by atoms with van der Waals surface area (Å²) < 4.78 is 0. The van der Waals surface area contributed by atoms with Gasteiger partial charge in [-0.15, -0.1) is 10.9 Å². The predicted molar refractivity (Wildman–Crippen MR) is 203 cm³/mol. The first kappa shape index (κ1) is 34.5. The molecule has 0 fully saturated rings. The Bertz CT molecular complexity index is 1770. The third kappa shape index (κ3) is 8.36. The summed E-state index contributed by atoms with van der Waals surface area (Å²) in [5.41, 5.74) is 2.76. The van der Waals surface area contributed by atoms with Crippen LogP contribution in [0.3, 0.4) is 0 Å². The molecule has 0 saturated heterocycles. The second kappa shape index (κ2) is 17.3. The number of rotatable bonds is 9. The molecule has 240 valence electrons. The van der Waals surface area contributed by atoms with E-state index in [1.807, 2.05) is 30.3 Å². The van der Waals surface area contributed by atoms with Crippen LogP contribution in [-0.4, -0.2) is 19.0 Å². The van der Waals surface area contributed by atoms with Crippen molar-refractivity contribution >= 4 is 47.7 Å². The number of hydrogen-bond acceptors (Lipinski definition) is 1. The summed E-state index contributed by atoms with van der Waals surface area (Å²) in [6.45, 7) is 0. The normalized spacial score (nSPS) is 11.5. The summed E-state index contributed by atoms with van der Waals surface area (Å²) in [5.74, 6) is 0. The third-order valence-corrected chi connectivity index (χ3v) is 13.0. The van der Waals surface area contributed by atoms with Crippen LogP contribution in [0.25, 0.3) is 0 Å². The Labute approximate surface area is 293 Å². The molecule has 47 heavy (non-hydrogen) atoms. The molecule has 0 radical (unpaired) electrons.